The summed E-state index contributed by atoms with van der Waals surface area (Å²) in [6.45, 7) is 1.52. The van der Waals surface area contributed by atoms with E-state index in [0.29, 0.717) is 0 Å². The van der Waals surface area contributed by atoms with Crippen molar-refractivity contribution in [1.29, 1.82) is 0 Å². The van der Waals surface area contributed by atoms with E-state index in [1.54, 1.807) is 0 Å². The van der Waals surface area contributed by atoms with E-state index in [1.165, 1.54) is 21.2 Å². The van der Waals surface area contributed by atoms with Gasteiger partial charge in [0.05, 0.1) is 49.4 Å². The molecular formula is C28H34ClN2P2Pt+5. The summed E-state index contributed by atoms with van der Waals surface area (Å²) in [5.41, 5.74) is 11.5. The van der Waals surface area contributed by atoms with Crippen LogP contribution >= 0.6 is 15.8 Å². The fraction of sp³-hybridized carbons (Fsp3) is 0.143. The van der Waals surface area contributed by atoms with Gasteiger partial charge in [0.15, 0.2) is 0 Å². The van der Waals surface area contributed by atoms with E-state index in [9.17, 15) is 0 Å². The molecule has 0 fully saturated rings. The number of halogens is 1. The van der Waals surface area contributed by atoms with Gasteiger partial charge in [-0.25, -0.2) is 0 Å². The Bertz CT molecular complexity index is 846. The third kappa shape index (κ3) is 9.71. The van der Waals surface area contributed by atoms with Crippen LogP contribution in [-0.2, 0) is 21.1 Å². The summed E-state index contributed by atoms with van der Waals surface area (Å²) in [4.78, 5) is 0. The Morgan fingerprint density at radius 3 is 0.794 bits per heavy atom. The zero-order valence-corrected chi connectivity index (χ0v) is 24.3. The predicted molar refractivity (Wildman–Crippen MR) is 149 cm³/mol. The molecule has 4 N–H and O–H groups in total. The third-order valence-electron chi connectivity index (χ3n) is 5.28. The van der Waals surface area contributed by atoms with Crippen LogP contribution in [-0.4, -0.2) is 25.4 Å². The topological polar surface area (TPSA) is 52.0 Å². The molecule has 178 valence electrons. The predicted octanol–water partition coefficient (Wildman–Crippen LogP) is 0.622. The smallest absolute Gasteiger partial charge is 1.00 e. The van der Waals surface area contributed by atoms with Crippen molar-refractivity contribution in [3.63, 3.8) is 0 Å². The fourth-order valence-electron chi connectivity index (χ4n) is 3.76. The van der Waals surface area contributed by atoms with Crippen LogP contribution in [0.2, 0.25) is 0 Å². The van der Waals surface area contributed by atoms with Gasteiger partial charge in [0, 0.05) is 13.1 Å². The zero-order chi connectivity index (χ0) is 22.4. The number of benzene rings is 4. The van der Waals surface area contributed by atoms with Crippen LogP contribution in [0.25, 0.3) is 0 Å². The molecule has 0 aliphatic heterocycles. The van der Waals surface area contributed by atoms with Gasteiger partial charge in [0.1, 0.15) is 0 Å². The van der Waals surface area contributed by atoms with Crippen molar-refractivity contribution in [2.75, 3.05) is 25.4 Å². The van der Waals surface area contributed by atoms with Gasteiger partial charge in [-0.2, -0.15) is 0 Å². The van der Waals surface area contributed by atoms with Crippen molar-refractivity contribution in [3.05, 3.63) is 121 Å². The van der Waals surface area contributed by atoms with Gasteiger partial charge < -0.3 is 23.9 Å². The van der Waals surface area contributed by atoms with Crippen molar-refractivity contribution in [1.82, 2.24) is 0 Å². The van der Waals surface area contributed by atoms with E-state index in [1.807, 2.05) is 0 Å². The van der Waals surface area contributed by atoms with Crippen molar-refractivity contribution in [2.24, 2.45) is 11.5 Å². The summed E-state index contributed by atoms with van der Waals surface area (Å²) < 4.78 is 0. The van der Waals surface area contributed by atoms with Crippen molar-refractivity contribution in [3.8, 4) is 0 Å². The van der Waals surface area contributed by atoms with Gasteiger partial charge in [-0.15, -0.1) is 0 Å². The van der Waals surface area contributed by atoms with Crippen LogP contribution in [0.15, 0.2) is 121 Å². The summed E-state index contributed by atoms with van der Waals surface area (Å²) in [6.07, 6.45) is 2.19. The molecule has 4 aromatic carbocycles. The van der Waals surface area contributed by atoms with Crippen LogP contribution in [0, 0.1) is 0 Å². The van der Waals surface area contributed by atoms with Crippen LogP contribution in [0.3, 0.4) is 0 Å². The molecule has 0 aliphatic rings. The first-order chi connectivity index (χ1) is 15.8. The van der Waals surface area contributed by atoms with E-state index >= 15 is 0 Å². The summed E-state index contributed by atoms with van der Waals surface area (Å²) in [7, 11) is -1.35. The Kier molecular flexibility index (Phi) is 16.2. The van der Waals surface area contributed by atoms with Gasteiger partial charge in [-0.3, -0.25) is 0 Å². The van der Waals surface area contributed by atoms with Crippen LogP contribution < -0.4 is 45.1 Å². The average molecular weight is 691 g/mol. The molecule has 0 amide bonds. The summed E-state index contributed by atoms with van der Waals surface area (Å²) in [5.74, 6) is 0. The number of rotatable bonds is 8. The molecule has 0 radical (unpaired) electrons. The summed E-state index contributed by atoms with van der Waals surface area (Å²) in [5, 5.41) is 5.79. The molecular weight excluding hydrogens is 657 g/mol. The standard InChI is InChI=1S/2C14H16NP.ClH.Pt/c2*15-11-12-16(13-7-3-1-4-8-13)14-9-5-2-6-10-14;;/h2*1-10H,11-12,15H2;1H;/q;;;+4/p+1. The number of hydrogen-bond donors (Lipinski definition) is 2. The monoisotopic (exact) mass is 690 g/mol. The minimum absolute atomic E-state index is 0. The Balaban J connectivity index is 0.000000321. The van der Waals surface area contributed by atoms with Gasteiger partial charge in [-0.1, -0.05) is 72.8 Å². The average Bonchev–Trinajstić information content (AvgIpc) is 2.88. The molecule has 34 heavy (non-hydrogen) atoms. The van der Waals surface area contributed by atoms with E-state index in [2.05, 4.69) is 121 Å². The van der Waals surface area contributed by atoms with Crippen LogP contribution in [0.4, 0.5) is 0 Å². The second kappa shape index (κ2) is 18.0. The zero-order valence-electron chi connectivity index (χ0n) is 19.2. The molecule has 0 saturated heterocycles. The molecule has 4 aromatic rings. The first-order valence-corrected chi connectivity index (χ1v) is 14.6. The molecule has 0 bridgehead atoms. The maximum absolute atomic E-state index is 5.73. The first-order valence-electron chi connectivity index (χ1n) is 11.2. The molecule has 0 aromatic heterocycles. The fourth-order valence-corrected chi connectivity index (χ4v) is 8.53. The minimum Gasteiger partial charge on any atom is -1.00 e. The van der Waals surface area contributed by atoms with E-state index in [-0.39, 0.29) is 33.5 Å². The minimum atomic E-state index is -0.676. The molecule has 2 nitrogen and oxygen atoms in total. The van der Waals surface area contributed by atoms with Crippen LogP contribution in [0.1, 0.15) is 0 Å². The maximum atomic E-state index is 5.73. The van der Waals surface area contributed by atoms with Crippen molar-refractivity contribution >= 4 is 37.1 Å². The molecule has 0 saturated carbocycles. The van der Waals surface area contributed by atoms with E-state index < -0.39 is 15.8 Å². The second-order valence-corrected chi connectivity index (χ2v) is 12.7. The van der Waals surface area contributed by atoms with Gasteiger partial charge >= 0.3 is 21.1 Å². The van der Waals surface area contributed by atoms with Gasteiger partial charge in [-0.05, 0) is 48.5 Å². The number of nitrogens with two attached hydrogens (primary N) is 2. The Morgan fingerprint density at radius 1 is 0.412 bits per heavy atom. The Morgan fingerprint density at radius 2 is 0.618 bits per heavy atom. The number of hydrogen-bond acceptors (Lipinski definition) is 2. The van der Waals surface area contributed by atoms with Crippen LogP contribution in [0.5, 0.6) is 0 Å². The van der Waals surface area contributed by atoms with Crippen molar-refractivity contribution < 1.29 is 33.5 Å². The van der Waals surface area contributed by atoms with E-state index in [0.717, 1.165) is 25.4 Å². The Hall–Kier alpha value is -1.36. The third-order valence-corrected chi connectivity index (χ3v) is 11.0. The second-order valence-electron chi connectivity index (χ2n) is 7.50. The molecule has 0 spiro atoms. The van der Waals surface area contributed by atoms with Gasteiger partial charge in [0.2, 0.25) is 0 Å². The SMILES string of the molecule is NCC[PH+](c1ccccc1)c1ccccc1.NCC[PH+](c1ccccc1)c1ccccc1.[Cl-].[Pt+4]. The largest absolute Gasteiger partial charge is 4.00 e. The van der Waals surface area contributed by atoms with Crippen molar-refractivity contribution in [2.45, 2.75) is 0 Å². The molecule has 0 unspecified atom stereocenters. The molecule has 0 atom stereocenters. The Labute approximate surface area is 227 Å². The van der Waals surface area contributed by atoms with Gasteiger partial charge in [0.25, 0.3) is 0 Å². The quantitative estimate of drug-likeness (QED) is 0.267. The maximum Gasteiger partial charge on any atom is 4.00 e. The molecule has 6 heteroatoms. The van der Waals surface area contributed by atoms with E-state index in [4.69, 9.17) is 11.5 Å². The molecule has 0 aliphatic carbocycles. The molecule has 4 rings (SSSR count). The summed E-state index contributed by atoms with van der Waals surface area (Å²) in [6, 6.07) is 42.9. The molecule has 0 heterocycles. The first kappa shape index (κ1) is 30.7. The summed E-state index contributed by atoms with van der Waals surface area (Å²) >= 11 is 0. The normalized spacial score (nSPS) is 10.0.